The Morgan fingerprint density at radius 2 is 2.24 bits per heavy atom. The van der Waals surface area contributed by atoms with Gasteiger partial charge < -0.3 is 10.1 Å². The summed E-state index contributed by atoms with van der Waals surface area (Å²) in [6.45, 7) is 0. The van der Waals surface area contributed by atoms with Gasteiger partial charge in [-0.1, -0.05) is 23.7 Å². The number of aromatic nitrogens is 3. The number of hydrogen-bond acceptors (Lipinski definition) is 6. The van der Waals surface area contributed by atoms with E-state index < -0.39 is 12.0 Å². The molecule has 1 aromatic carbocycles. The summed E-state index contributed by atoms with van der Waals surface area (Å²) >= 11 is 6.14. The summed E-state index contributed by atoms with van der Waals surface area (Å²) in [5.74, 6) is -0.194. The number of esters is 1. The Morgan fingerprint density at radius 3 is 3.00 bits per heavy atom. The van der Waals surface area contributed by atoms with E-state index in [4.69, 9.17) is 16.3 Å². The highest BCUT2D eigenvalue weighted by molar-refractivity contribution is 6.30. The molecule has 1 N–H and O–H groups in total. The van der Waals surface area contributed by atoms with E-state index >= 15 is 0 Å². The highest BCUT2D eigenvalue weighted by atomic mass is 35.5. The molecular weight excluding hydrogens is 344 g/mol. The minimum atomic E-state index is -0.627. The number of carbonyl (C=O) groups is 2. The lowest BCUT2D eigenvalue weighted by Gasteiger charge is -2.32. The number of rotatable bonds is 2. The minimum absolute atomic E-state index is 0.0516. The number of methoxy groups -OCH3 is 1. The standard InChI is InChI=1S/C17H15ClN4O3/c1-25-16(24)15-20-17-19-11-6-3-7-12(23)13(11)14(22(17)21-15)9-4-2-5-10(18)8-9/h2,4-5,8,14H,3,6-7H2,1H3,(H,19,20,21)/t14-/m1/s1. The monoisotopic (exact) mass is 358 g/mol. The first kappa shape index (κ1) is 15.8. The third-order valence-corrected chi connectivity index (χ3v) is 4.64. The zero-order valence-electron chi connectivity index (χ0n) is 13.5. The summed E-state index contributed by atoms with van der Waals surface area (Å²) in [7, 11) is 1.27. The van der Waals surface area contributed by atoms with Gasteiger partial charge in [-0.3, -0.25) is 4.79 Å². The van der Waals surface area contributed by atoms with Crippen LogP contribution in [0.25, 0.3) is 0 Å². The first-order valence-corrected chi connectivity index (χ1v) is 8.30. The summed E-state index contributed by atoms with van der Waals surface area (Å²) in [5, 5.41) is 7.99. The summed E-state index contributed by atoms with van der Waals surface area (Å²) in [5.41, 5.74) is 2.30. The molecule has 0 saturated heterocycles. The van der Waals surface area contributed by atoms with E-state index in [1.165, 1.54) is 7.11 Å². The molecule has 2 aromatic rings. The second kappa shape index (κ2) is 6.00. The second-order valence-electron chi connectivity index (χ2n) is 5.95. The number of halogens is 1. The van der Waals surface area contributed by atoms with Crippen LogP contribution in [-0.2, 0) is 9.53 Å². The van der Waals surface area contributed by atoms with E-state index in [-0.39, 0.29) is 11.6 Å². The topological polar surface area (TPSA) is 86.1 Å². The lowest BCUT2D eigenvalue weighted by Crippen LogP contribution is -2.31. The second-order valence-corrected chi connectivity index (χ2v) is 6.38. The van der Waals surface area contributed by atoms with E-state index in [0.29, 0.717) is 23.0 Å². The van der Waals surface area contributed by atoms with E-state index in [9.17, 15) is 9.59 Å². The third kappa shape index (κ3) is 2.60. The van der Waals surface area contributed by atoms with Crippen molar-refractivity contribution in [2.24, 2.45) is 0 Å². The number of nitrogens with zero attached hydrogens (tertiary/aromatic N) is 3. The third-order valence-electron chi connectivity index (χ3n) is 4.40. The van der Waals surface area contributed by atoms with Crippen LogP contribution in [0.15, 0.2) is 35.5 Å². The van der Waals surface area contributed by atoms with Gasteiger partial charge in [0.2, 0.25) is 5.95 Å². The molecule has 1 aliphatic carbocycles. The number of nitrogens with one attached hydrogen (secondary N) is 1. The van der Waals surface area contributed by atoms with Gasteiger partial charge >= 0.3 is 5.97 Å². The van der Waals surface area contributed by atoms with Gasteiger partial charge in [-0.25, -0.2) is 9.48 Å². The Morgan fingerprint density at radius 1 is 1.40 bits per heavy atom. The van der Waals surface area contributed by atoms with Crippen molar-refractivity contribution < 1.29 is 14.3 Å². The molecule has 0 saturated carbocycles. The number of fused-ring (bicyclic) bond motifs is 1. The van der Waals surface area contributed by atoms with Crippen molar-refractivity contribution in [1.82, 2.24) is 14.8 Å². The van der Waals surface area contributed by atoms with Crippen LogP contribution in [0.3, 0.4) is 0 Å². The van der Waals surface area contributed by atoms with E-state index in [2.05, 4.69) is 15.4 Å². The average Bonchev–Trinajstić information content (AvgIpc) is 3.03. The fourth-order valence-corrected chi connectivity index (χ4v) is 3.52. The van der Waals surface area contributed by atoms with Crippen molar-refractivity contribution >= 4 is 29.3 Å². The Bertz CT molecular complexity index is 918. The van der Waals surface area contributed by atoms with Gasteiger partial charge in [0.15, 0.2) is 5.78 Å². The zero-order valence-corrected chi connectivity index (χ0v) is 14.2. The Labute approximate surface area is 148 Å². The normalized spacial score (nSPS) is 19.1. The molecule has 0 bridgehead atoms. The quantitative estimate of drug-likeness (QED) is 0.831. The van der Waals surface area contributed by atoms with Crippen LogP contribution in [0.2, 0.25) is 5.02 Å². The Balaban J connectivity index is 1.91. The molecule has 1 atom stereocenters. The minimum Gasteiger partial charge on any atom is -0.463 e. The summed E-state index contributed by atoms with van der Waals surface area (Å²) in [6, 6.07) is 6.81. The summed E-state index contributed by atoms with van der Waals surface area (Å²) < 4.78 is 6.26. The fraction of sp³-hybridized carbons (Fsp3) is 0.294. The largest absolute Gasteiger partial charge is 0.463 e. The molecule has 1 aromatic heterocycles. The van der Waals surface area contributed by atoms with Gasteiger partial charge in [0.25, 0.3) is 5.82 Å². The lowest BCUT2D eigenvalue weighted by molar-refractivity contribution is -0.116. The molecule has 0 fully saturated rings. The van der Waals surface area contributed by atoms with Crippen molar-refractivity contribution in [2.75, 3.05) is 12.4 Å². The van der Waals surface area contributed by atoms with Crippen LogP contribution >= 0.6 is 11.6 Å². The number of Topliss-reactive ketones (excluding diaryl/α,β-unsaturated/α-hetero) is 1. The molecule has 0 unspecified atom stereocenters. The zero-order chi connectivity index (χ0) is 17.6. The number of benzene rings is 1. The smallest absolute Gasteiger partial charge is 0.378 e. The molecule has 0 amide bonds. The van der Waals surface area contributed by atoms with Crippen LogP contribution in [0.4, 0.5) is 5.95 Å². The highest BCUT2D eigenvalue weighted by Crippen LogP contribution is 2.40. The maximum absolute atomic E-state index is 12.6. The van der Waals surface area contributed by atoms with Crippen molar-refractivity contribution in [2.45, 2.75) is 25.3 Å². The Kier molecular flexibility index (Phi) is 3.80. The molecule has 0 spiro atoms. The van der Waals surface area contributed by atoms with Gasteiger partial charge in [0, 0.05) is 22.7 Å². The summed E-state index contributed by atoms with van der Waals surface area (Å²) in [6.07, 6.45) is 2.02. The molecule has 1 aliphatic heterocycles. The number of ether oxygens (including phenoxy) is 1. The number of hydrogen-bond donors (Lipinski definition) is 1. The number of ketones is 1. The predicted molar refractivity (Wildman–Crippen MR) is 90.5 cm³/mol. The van der Waals surface area contributed by atoms with Crippen molar-refractivity contribution in [3.05, 3.63) is 51.9 Å². The van der Waals surface area contributed by atoms with Gasteiger partial charge in [-0.05, 0) is 30.5 Å². The van der Waals surface area contributed by atoms with Crippen LogP contribution in [-0.4, -0.2) is 33.6 Å². The van der Waals surface area contributed by atoms with Crippen LogP contribution in [0.1, 0.15) is 41.5 Å². The molecular formula is C17H15ClN4O3. The SMILES string of the molecule is COC(=O)c1nc2n(n1)[C@H](c1cccc(Cl)c1)C1=C(CCCC1=O)N2. The molecule has 2 aliphatic rings. The molecule has 7 nitrogen and oxygen atoms in total. The van der Waals surface area contributed by atoms with E-state index in [1.807, 2.05) is 12.1 Å². The Hall–Kier alpha value is -2.67. The first-order chi connectivity index (χ1) is 12.1. The van der Waals surface area contributed by atoms with E-state index in [0.717, 1.165) is 24.1 Å². The lowest BCUT2D eigenvalue weighted by atomic mass is 9.85. The van der Waals surface area contributed by atoms with Gasteiger partial charge in [0.05, 0.1) is 7.11 Å². The van der Waals surface area contributed by atoms with Gasteiger partial charge in [-0.15, -0.1) is 5.10 Å². The maximum atomic E-state index is 12.6. The van der Waals surface area contributed by atoms with Crippen LogP contribution in [0.5, 0.6) is 0 Å². The molecule has 4 rings (SSSR count). The van der Waals surface area contributed by atoms with Crippen LogP contribution in [0, 0.1) is 0 Å². The molecule has 128 valence electrons. The molecule has 0 radical (unpaired) electrons. The number of anilines is 1. The van der Waals surface area contributed by atoms with Crippen molar-refractivity contribution in [3.8, 4) is 0 Å². The summed E-state index contributed by atoms with van der Waals surface area (Å²) in [4.78, 5) is 28.7. The van der Waals surface area contributed by atoms with E-state index in [1.54, 1.807) is 16.8 Å². The van der Waals surface area contributed by atoms with Crippen LogP contribution < -0.4 is 5.32 Å². The van der Waals surface area contributed by atoms with Gasteiger partial charge in [-0.2, -0.15) is 4.98 Å². The van der Waals surface area contributed by atoms with Crippen molar-refractivity contribution in [3.63, 3.8) is 0 Å². The van der Waals surface area contributed by atoms with Gasteiger partial charge in [0.1, 0.15) is 6.04 Å². The number of allylic oxidation sites excluding steroid dienone is 2. The molecule has 8 heteroatoms. The first-order valence-electron chi connectivity index (χ1n) is 7.92. The number of carbonyl (C=O) groups excluding carboxylic acids is 2. The fourth-order valence-electron chi connectivity index (χ4n) is 3.32. The highest BCUT2D eigenvalue weighted by Gasteiger charge is 2.37. The average molecular weight is 359 g/mol. The van der Waals surface area contributed by atoms with Crippen molar-refractivity contribution in [1.29, 1.82) is 0 Å². The molecule has 2 heterocycles. The predicted octanol–water partition coefficient (Wildman–Crippen LogP) is 2.74. The molecule has 25 heavy (non-hydrogen) atoms. The maximum Gasteiger partial charge on any atom is 0.378 e.